The van der Waals surface area contributed by atoms with Gasteiger partial charge in [0.1, 0.15) is 11.5 Å². The Morgan fingerprint density at radius 3 is 2.65 bits per heavy atom. The van der Waals surface area contributed by atoms with Crippen molar-refractivity contribution >= 4 is 21.6 Å². The van der Waals surface area contributed by atoms with Gasteiger partial charge in [0.05, 0.1) is 4.92 Å². The van der Waals surface area contributed by atoms with E-state index in [4.69, 9.17) is 10.5 Å². The van der Waals surface area contributed by atoms with Crippen molar-refractivity contribution in [1.82, 2.24) is 0 Å². The first-order chi connectivity index (χ1) is 9.51. The van der Waals surface area contributed by atoms with Gasteiger partial charge < -0.3 is 10.5 Å². The van der Waals surface area contributed by atoms with E-state index >= 15 is 0 Å². The highest BCUT2D eigenvalue weighted by Gasteiger charge is 2.12. The molecule has 2 N–H and O–H groups in total. The number of nitrogens with zero attached hydrogens (tertiary/aromatic N) is 1. The first-order valence-corrected chi connectivity index (χ1v) is 6.72. The number of aryl methyl sites for hydroxylation is 1. The number of nitro benzene ring substituents is 1. The first kappa shape index (κ1) is 14.5. The molecule has 5 nitrogen and oxygen atoms in total. The molecule has 104 valence electrons. The van der Waals surface area contributed by atoms with E-state index < -0.39 is 4.92 Å². The highest BCUT2D eigenvalue weighted by Crippen LogP contribution is 2.30. The molecular weight excluding hydrogens is 324 g/mol. The largest absolute Gasteiger partial charge is 0.457 e. The summed E-state index contributed by atoms with van der Waals surface area (Å²) in [5.74, 6) is 1.19. The molecule has 0 aliphatic carbocycles. The minimum Gasteiger partial charge on any atom is -0.457 e. The van der Waals surface area contributed by atoms with Gasteiger partial charge in [-0.05, 0) is 37.3 Å². The van der Waals surface area contributed by atoms with Crippen molar-refractivity contribution in [3.63, 3.8) is 0 Å². The Morgan fingerprint density at radius 2 is 2.05 bits per heavy atom. The second-order valence-corrected chi connectivity index (χ2v) is 5.18. The average molecular weight is 337 g/mol. The summed E-state index contributed by atoms with van der Waals surface area (Å²) in [7, 11) is 0. The quantitative estimate of drug-likeness (QED) is 0.677. The summed E-state index contributed by atoms with van der Waals surface area (Å²) in [5.41, 5.74) is 7.16. The van der Waals surface area contributed by atoms with E-state index in [2.05, 4.69) is 15.9 Å². The fourth-order valence-corrected chi connectivity index (χ4v) is 2.24. The van der Waals surface area contributed by atoms with Gasteiger partial charge in [-0.15, -0.1) is 0 Å². The average Bonchev–Trinajstić information content (AvgIpc) is 2.40. The summed E-state index contributed by atoms with van der Waals surface area (Å²) in [4.78, 5) is 10.4. The van der Waals surface area contributed by atoms with Crippen molar-refractivity contribution in [1.29, 1.82) is 0 Å². The second kappa shape index (κ2) is 6.02. The summed E-state index contributed by atoms with van der Waals surface area (Å²) in [6.07, 6.45) is 0. The van der Waals surface area contributed by atoms with Gasteiger partial charge in [0.25, 0.3) is 5.69 Å². The molecule has 0 fully saturated rings. The predicted molar refractivity (Wildman–Crippen MR) is 79.9 cm³/mol. The number of ether oxygens (including phenoxy) is 1. The van der Waals surface area contributed by atoms with E-state index in [-0.39, 0.29) is 5.69 Å². The number of rotatable bonds is 4. The maximum absolute atomic E-state index is 10.8. The molecule has 2 aromatic rings. The topological polar surface area (TPSA) is 78.4 Å². The van der Waals surface area contributed by atoms with Gasteiger partial charge in [-0.25, -0.2) is 0 Å². The molecule has 20 heavy (non-hydrogen) atoms. The number of nitro groups is 1. The van der Waals surface area contributed by atoms with Crippen LogP contribution in [0.2, 0.25) is 0 Å². The van der Waals surface area contributed by atoms with Crippen LogP contribution >= 0.6 is 15.9 Å². The molecule has 0 bridgehead atoms. The Morgan fingerprint density at radius 1 is 1.30 bits per heavy atom. The van der Waals surface area contributed by atoms with Gasteiger partial charge in [0, 0.05) is 28.2 Å². The van der Waals surface area contributed by atoms with E-state index in [1.807, 2.05) is 18.2 Å². The number of nitrogens with two attached hydrogens (primary N) is 1. The molecule has 2 aromatic carbocycles. The van der Waals surface area contributed by atoms with Gasteiger partial charge in [0.15, 0.2) is 0 Å². The molecule has 0 atom stereocenters. The van der Waals surface area contributed by atoms with Crippen molar-refractivity contribution < 1.29 is 9.66 Å². The van der Waals surface area contributed by atoms with Crippen molar-refractivity contribution in [2.75, 3.05) is 0 Å². The lowest BCUT2D eigenvalue weighted by Gasteiger charge is -2.11. The van der Waals surface area contributed by atoms with Crippen LogP contribution < -0.4 is 10.5 Å². The van der Waals surface area contributed by atoms with Crippen LogP contribution in [0.4, 0.5) is 5.69 Å². The first-order valence-electron chi connectivity index (χ1n) is 5.92. The standard InChI is InChI=1S/C14H13BrN2O3/c1-9-6-12(3-4-13(9)17(18)19)20-14-5-2-11(15)7-10(14)8-16/h2-7H,8,16H2,1H3. The number of hydrogen-bond donors (Lipinski definition) is 1. The van der Waals surface area contributed by atoms with E-state index in [0.29, 0.717) is 23.6 Å². The lowest BCUT2D eigenvalue weighted by molar-refractivity contribution is -0.385. The van der Waals surface area contributed by atoms with Crippen LogP contribution in [0.5, 0.6) is 11.5 Å². The Labute approximate surface area is 124 Å². The zero-order valence-electron chi connectivity index (χ0n) is 10.8. The Bertz CT molecular complexity index is 659. The smallest absolute Gasteiger partial charge is 0.272 e. The third-order valence-electron chi connectivity index (χ3n) is 2.84. The number of benzene rings is 2. The van der Waals surface area contributed by atoms with E-state index in [0.717, 1.165) is 10.0 Å². The monoisotopic (exact) mass is 336 g/mol. The van der Waals surface area contributed by atoms with E-state index in [1.54, 1.807) is 19.1 Å². The fraction of sp³-hybridized carbons (Fsp3) is 0.143. The van der Waals surface area contributed by atoms with Crippen molar-refractivity contribution in [2.24, 2.45) is 5.73 Å². The van der Waals surface area contributed by atoms with Gasteiger partial charge in [0.2, 0.25) is 0 Å². The van der Waals surface area contributed by atoms with Crippen LogP contribution in [-0.2, 0) is 6.54 Å². The molecule has 0 saturated carbocycles. The van der Waals surface area contributed by atoms with Crippen molar-refractivity contribution in [3.05, 3.63) is 62.1 Å². The Kier molecular flexibility index (Phi) is 4.36. The van der Waals surface area contributed by atoms with Crippen LogP contribution in [-0.4, -0.2) is 4.92 Å². The molecule has 6 heteroatoms. The molecule has 0 heterocycles. The lowest BCUT2D eigenvalue weighted by atomic mass is 10.2. The fourth-order valence-electron chi connectivity index (χ4n) is 1.83. The summed E-state index contributed by atoms with van der Waals surface area (Å²) >= 11 is 3.37. The van der Waals surface area contributed by atoms with E-state index in [9.17, 15) is 10.1 Å². The summed E-state index contributed by atoms with van der Waals surface area (Å²) in [5, 5.41) is 10.8. The molecule has 0 unspecified atom stereocenters. The zero-order valence-corrected chi connectivity index (χ0v) is 12.4. The van der Waals surface area contributed by atoms with E-state index in [1.165, 1.54) is 6.07 Å². The molecule has 0 aliphatic heterocycles. The van der Waals surface area contributed by atoms with Crippen LogP contribution in [0, 0.1) is 17.0 Å². The number of halogens is 1. The molecule has 0 aromatic heterocycles. The molecule has 0 radical (unpaired) electrons. The summed E-state index contributed by atoms with van der Waals surface area (Å²) in [6, 6.07) is 10.2. The maximum atomic E-state index is 10.8. The molecule has 2 rings (SSSR count). The van der Waals surface area contributed by atoms with Crippen LogP contribution in [0.15, 0.2) is 40.9 Å². The van der Waals surface area contributed by atoms with Gasteiger partial charge in [-0.1, -0.05) is 15.9 Å². The van der Waals surface area contributed by atoms with Crippen LogP contribution in [0.25, 0.3) is 0 Å². The van der Waals surface area contributed by atoms with Crippen LogP contribution in [0.1, 0.15) is 11.1 Å². The van der Waals surface area contributed by atoms with Crippen molar-refractivity contribution in [3.8, 4) is 11.5 Å². The van der Waals surface area contributed by atoms with Crippen LogP contribution in [0.3, 0.4) is 0 Å². The predicted octanol–water partition coefficient (Wildman–Crippen LogP) is 3.92. The third kappa shape index (κ3) is 3.15. The third-order valence-corrected chi connectivity index (χ3v) is 3.33. The normalized spacial score (nSPS) is 10.3. The zero-order chi connectivity index (χ0) is 14.7. The molecule has 0 spiro atoms. The van der Waals surface area contributed by atoms with Crippen molar-refractivity contribution in [2.45, 2.75) is 13.5 Å². The highest BCUT2D eigenvalue weighted by molar-refractivity contribution is 9.10. The Balaban J connectivity index is 2.31. The molecule has 0 aliphatic rings. The SMILES string of the molecule is Cc1cc(Oc2ccc(Br)cc2CN)ccc1[N+](=O)[O-]. The van der Waals surface area contributed by atoms with Gasteiger partial charge in [-0.3, -0.25) is 10.1 Å². The summed E-state index contributed by atoms with van der Waals surface area (Å²) in [6.45, 7) is 2.02. The lowest BCUT2D eigenvalue weighted by Crippen LogP contribution is -2.00. The van der Waals surface area contributed by atoms with Gasteiger partial charge >= 0.3 is 0 Å². The summed E-state index contributed by atoms with van der Waals surface area (Å²) < 4.78 is 6.67. The minimum atomic E-state index is -0.413. The highest BCUT2D eigenvalue weighted by atomic mass is 79.9. The minimum absolute atomic E-state index is 0.0761. The maximum Gasteiger partial charge on any atom is 0.272 e. The second-order valence-electron chi connectivity index (χ2n) is 4.26. The van der Waals surface area contributed by atoms with Gasteiger partial charge in [-0.2, -0.15) is 0 Å². The molecular formula is C14H13BrN2O3. The molecule has 0 saturated heterocycles. The number of hydrogen-bond acceptors (Lipinski definition) is 4. The molecule has 0 amide bonds. The Hall–Kier alpha value is -1.92.